The van der Waals surface area contributed by atoms with Crippen molar-refractivity contribution >= 4 is 21.8 Å². The molecule has 62 heavy (non-hydrogen) atoms. The molecule has 0 saturated carbocycles. The summed E-state index contributed by atoms with van der Waals surface area (Å²) < 4.78 is 2.49. The van der Waals surface area contributed by atoms with Crippen LogP contribution in [0.1, 0.15) is 22.3 Å². The lowest BCUT2D eigenvalue weighted by atomic mass is 9.65. The number of rotatable bonds is 5. The van der Waals surface area contributed by atoms with Crippen LogP contribution in [-0.4, -0.2) is 19.5 Å². The molecule has 1 unspecified atom stereocenters. The molecule has 0 N–H and O–H groups in total. The summed E-state index contributed by atoms with van der Waals surface area (Å²) in [5, 5.41) is 2.52. The third kappa shape index (κ3) is 4.98. The number of aromatic nitrogens is 4. The summed E-state index contributed by atoms with van der Waals surface area (Å²) in [5.74, 6) is 1.90. The number of nitrogens with zero attached hydrogens (tertiary/aromatic N) is 4. The Balaban J connectivity index is 1.04. The van der Waals surface area contributed by atoms with E-state index in [4.69, 9.17) is 15.0 Å². The van der Waals surface area contributed by atoms with E-state index in [0.29, 0.717) is 17.5 Å². The minimum absolute atomic E-state index is 0.582. The molecule has 1 spiro atoms. The predicted octanol–water partition coefficient (Wildman–Crippen LogP) is 14.0. The Hall–Kier alpha value is -8.21. The Kier molecular flexibility index (Phi) is 7.49. The highest BCUT2D eigenvalue weighted by Crippen LogP contribution is 2.61. The van der Waals surface area contributed by atoms with Crippen LogP contribution in [0.3, 0.4) is 0 Å². The highest BCUT2D eigenvalue weighted by atomic mass is 15.0. The fourth-order valence-corrected chi connectivity index (χ4v) is 10.3. The lowest BCUT2D eigenvalue weighted by Crippen LogP contribution is -2.33. The predicted molar refractivity (Wildman–Crippen MR) is 252 cm³/mol. The van der Waals surface area contributed by atoms with E-state index in [0.717, 1.165) is 27.8 Å². The summed E-state index contributed by atoms with van der Waals surface area (Å²) in [6.07, 6.45) is 0. The zero-order valence-electron chi connectivity index (χ0n) is 33.6. The van der Waals surface area contributed by atoms with Crippen molar-refractivity contribution in [3.05, 3.63) is 241 Å². The molecule has 1 aliphatic carbocycles. The van der Waals surface area contributed by atoms with E-state index in [1.54, 1.807) is 0 Å². The van der Waals surface area contributed by atoms with Gasteiger partial charge in [-0.25, -0.2) is 15.0 Å². The van der Waals surface area contributed by atoms with E-state index in [1.165, 1.54) is 72.0 Å². The Morgan fingerprint density at radius 3 is 1.45 bits per heavy atom. The summed E-state index contributed by atoms with van der Waals surface area (Å²) >= 11 is 0. The quantitative estimate of drug-likeness (QED) is 0.174. The van der Waals surface area contributed by atoms with Crippen LogP contribution >= 0.6 is 0 Å². The molecule has 0 fully saturated rings. The molecule has 4 heteroatoms. The minimum atomic E-state index is -0.582. The second-order valence-electron chi connectivity index (χ2n) is 16.3. The zero-order valence-corrected chi connectivity index (χ0v) is 33.6. The van der Waals surface area contributed by atoms with Gasteiger partial charge in [0.05, 0.1) is 22.1 Å². The SMILES string of the molecule is c1ccc(-c2ccc(-c3nc(-c4ccc(-c5ccccc5)cc4)nc(-c4ccc5c(c4)C4(c6ccccc6-5)c5ccccc5-n5c6ccccc6c6cccc4c65)n3)cc2)cc1. The lowest BCUT2D eigenvalue weighted by molar-refractivity contribution is 0.748. The Morgan fingerprint density at radius 1 is 0.306 bits per heavy atom. The van der Waals surface area contributed by atoms with E-state index in [9.17, 15) is 0 Å². The van der Waals surface area contributed by atoms with Gasteiger partial charge in [0.1, 0.15) is 0 Å². The zero-order chi connectivity index (χ0) is 40.8. The average molecular weight is 789 g/mol. The monoisotopic (exact) mass is 788 g/mol. The first kappa shape index (κ1) is 34.6. The molecule has 2 aliphatic rings. The van der Waals surface area contributed by atoms with Gasteiger partial charge in [-0.05, 0) is 73.8 Å². The lowest BCUT2D eigenvalue weighted by Gasteiger charge is -2.39. The van der Waals surface area contributed by atoms with Crippen molar-refractivity contribution < 1.29 is 0 Å². The number of para-hydroxylation sites is 3. The van der Waals surface area contributed by atoms with Crippen LogP contribution in [0.4, 0.5) is 0 Å². The van der Waals surface area contributed by atoms with Crippen LogP contribution in [0.25, 0.3) is 95.0 Å². The van der Waals surface area contributed by atoms with E-state index in [-0.39, 0.29) is 0 Å². The maximum absolute atomic E-state index is 5.30. The van der Waals surface area contributed by atoms with Crippen molar-refractivity contribution in [2.45, 2.75) is 5.41 Å². The molecular formula is C58H36N4. The van der Waals surface area contributed by atoms with Crippen molar-refractivity contribution in [2.75, 3.05) is 0 Å². The normalized spacial score (nSPS) is 14.5. The Morgan fingerprint density at radius 2 is 0.774 bits per heavy atom. The van der Waals surface area contributed by atoms with Gasteiger partial charge in [-0.3, -0.25) is 0 Å². The minimum Gasteiger partial charge on any atom is -0.309 e. The van der Waals surface area contributed by atoms with Crippen LogP contribution in [0.15, 0.2) is 218 Å². The molecule has 0 amide bonds. The first-order valence-electron chi connectivity index (χ1n) is 21.2. The third-order valence-corrected chi connectivity index (χ3v) is 13.1. The molecule has 1 aliphatic heterocycles. The van der Waals surface area contributed by atoms with Gasteiger partial charge in [0.25, 0.3) is 0 Å². The largest absolute Gasteiger partial charge is 0.309 e. The number of hydrogen-bond acceptors (Lipinski definition) is 3. The molecule has 9 aromatic carbocycles. The van der Waals surface area contributed by atoms with Crippen LogP contribution in [0, 0.1) is 0 Å². The fourth-order valence-electron chi connectivity index (χ4n) is 10.3. The summed E-state index contributed by atoms with van der Waals surface area (Å²) in [7, 11) is 0. The second-order valence-corrected chi connectivity index (χ2v) is 16.3. The van der Waals surface area contributed by atoms with Gasteiger partial charge >= 0.3 is 0 Å². The molecule has 0 radical (unpaired) electrons. The highest BCUT2D eigenvalue weighted by Gasteiger charge is 2.50. The third-order valence-electron chi connectivity index (χ3n) is 13.1. The molecule has 0 saturated heterocycles. The maximum atomic E-state index is 5.30. The summed E-state index contributed by atoms with van der Waals surface area (Å²) in [6, 6.07) is 78.5. The Labute approximate surface area is 359 Å². The summed E-state index contributed by atoms with van der Waals surface area (Å²) in [6.45, 7) is 0. The molecule has 2 aromatic heterocycles. The van der Waals surface area contributed by atoms with Crippen molar-refractivity contribution in [3.63, 3.8) is 0 Å². The van der Waals surface area contributed by atoms with E-state index in [2.05, 4.69) is 211 Å². The van der Waals surface area contributed by atoms with Gasteiger partial charge in [0.2, 0.25) is 0 Å². The van der Waals surface area contributed by atoms with Gasteiger partial charge in [-0.15, -0.1) is 0 Å². The standard InChI is InChI=1S/C58H36N4/c1-3-14-37(15-4-1)39-26-30-41(31-27-39)55-59-56(42-32-28-40(29-33-42)38-16-5-2-6-17-38)61-57(60-55)43-34-35-45-44-18-7-9-21-48(44)58(51(45)36-43)49-22-10-12-25-53(49)62-52-24-11-8-19-46(52)47-20-13-23-50(58)54(47)62/h1-36H. The molecule has 0 bridgehead atoms. The topological polar surface area (TPSA) is 43.6 Å². The molecular weight excluding hydrogens is 753 g/mol. The van der Waals surface area contributed by atoms with E-state index < -0.39 is 5.41 Å². The molecule has 1 atom stereocenters. The van der Waals surface area contributed by atoms with Gasteiger partial charge in [-0.2, -0.15) is 0 Å². The summed E-state index contributed by atoms with van der Waals surface area (Å²) in [5.41, 5.74) is 18.1. The first-order chi connectivity index (χ1) is 30.7. The van der Waals surface area contributed by atoms with E-state index >= 15 is 0 Å². The van der Waals surface area contributed by atoms with Gasteiger partial charge < -0.3 is 4.57 Å². The number of fused-ring (bicyclic) bond motifs is 12. The van der Waals surface area contributed by atoms with Crippen LogP contribution in [0.5, 0.6) is 0 Å². The van der Waals surface area contributed by atoms with Gasteiger partial charge in [0.15, 0.2) is 17.5 Å². The maximum Gasteiger partial charge on any atom is 0.164 e. The van der Waals surface area contributed by atoms with Crippen LogP contribution in [0.2, 0.25) is 0 Å². The van der Waals surface area contributed by atoms with Crippen LogP contribution < -0.4 is 0 Å². The molecule has 11 aromatic rings. The highest BCUT2D eigenvalue weighted by molar-refractivity contribution is 6.12. The second kappa shape index (κ2) is 13.4. The molecule has 3 heterocycles. The average Bonchev–Trinajstić information content (AvgIpc) is 3.85. The Bertz CT molecular complexity index is 3450. The van der Waals surface area contributed by atoms with Crippen molar-refractivity contribution in [2.24, 2.45) is 0 Å². The van der Waals surface area contributed by atoms with Crippen molar-refractivity contribution in [1.82, 2.24) is 19.5 Å². The fraction of sp³-hybridized carbons (Fsp3) is 0.0172. The van der Waals surface area contributed by atoms with Crippen LogP contribution in [-0.2, 0) is 5.41 Å². The molecule has 4 nitrogen and oxygen atoms in total. The van der Waals surface area contributed by atoms with Crippen molar-refractivity contribution in [1.29, 1.82) is 0 Å². The van der Waals surface area contributed by atoms with Gasteiger partial charge in [-0.1, -0.05) is 200 Å². The summed E-state index contributed by atoms with van der Waals surface area (Å²) in [4.78, 5) is 15.8. The van der Waals surface area contributed by atoms with E-state index in [1.807, 2.05) is 12.1 Å². The number of benzene rings is 9. The van der Waals surface area contributed by atoms with Gasteiger partial charge in [0, 0.05) is 27.5 Å². The van der Waals surface area contributed by atoms with Crippen molar-refractivity contribution in [3.8, 4) is 73.2 Å². The number of hydrogen-bond donors (Lipinski definition) is 0. The smallest absolute Gasteiger partial charge is 0.164 e. The molecule has 288 valence electrons. The first-order valence-corrected chi connectivity index (χ1v) is 21.2. The molecule has 13 rings (SSSR count).